The first-order chi connectivity index (χ1) is 10.5. The SMILES string of the molecule is CCOC(=O)C(O)C(O)c1ccc2cc(C(=O)OC)[nH]c2c1. The van der Waals surface area contributed by atoms with Gasteiger partial charge in [-0.15, -0.1) is 0 Å². The van der Waals surface area contributed by atoms with Crippen LogP contribution in [0.5, 0.6) is 0 Å². The molecule has 2 unspecified atom stereocenters. The number of ether oxygens (including phenoxy) is 2. The summed E-state index contributed by atoms with van der Waals surface area (Å²) in [6, 6.07) is 6.38. The van der Waals surface area contributed by atoms with E-state index in [1.54, 1.807) is 31.2 Å². The number of hydrogen-bond donors (Lipinski definition) is 3. The highest BCUT2D eigenvalue weighted by atomic mass is 16.5. The smallest absolute Gasteiger partial charge is 0.354 e. The van der Waals surface area contributed by atoms with E-state index in [0.717, 1.165) is 5.39 Å². The van der Waals surface area contributed by atoms with Crippen molar-refractivity contribution in [3.05, 3.63) is 35.5 Å². The highest BCUT2D eigenvalue weighted by Gasteiger charge is 2.27. The van der Waals surface area contributed by atoms with Gasteiger partial charge in [0.25, 0.3) is 0 Å². The zero-order valence-corrected chi connectivity index (χ0v) is 12.2. The van der Waals surface area contributed by atoms with Crippen LogP contribution in [-0.2, 0) is 14.3 Å². The molecule has 2 aromatic rings. The minimum Gasteiger partial charge on any atom is -0.464 e. The number of esters is 2. The van der Waals surface area contributed by atoms with Gasteiger partial charge < -0.3 is 24.7 Å². The Morgan fingerprint density at radius 3 is 2.64 bits per heavy atom. The summed E-state index contributed by atoms with van der Waals surface area (Å²) in [5.41, 5.74) is 1.18. The number of rotatable bonds is 5. The summed E-state index contributed by atoms with van der Waals surface area (Å²) in [6.07, 6.45) is -3.10. The number of methoxy groups -OCH3 is 1. The number of H-pyrrole nitrogens is 1. The Morgan fingerprint density at radius 2 is 2.00 bits per heavy atom. The molecule has 0 aliphatic carbocycles. The molecule has 2 atom stereocenters. The number of aliphatic hydroxyl groups excluding tert-OH is 2. The third-order valence-corrected chi connectivity index (χ3v) is 3.22. The third kappa shape index (κ3) is 3.10. The number of fused-ring (bicyclic) bond motifs is 1. The fourth-order valence-corrected chi connectivity index (χ4v) is 2.09. The minimum absolute atomic E-state index is 0.112. The molecule has 2 rings (SSSR count). The molecule has 1 heterocycles. The summed E-state index contributed by atoms with van der Waals surface area (Å²) in [4.78, 5) is 25.8. The predicted molar refractivity (Wildman–Crippen MR) is 77.2 cm³/mol. The van der Waals surface area contributed by atoms with Crippen molar-refractivity contribution in [2.45, 2.75) is 19.1 Å². The van der Waals surface area contributed by atoms with Crippen molar-refractivity contribution in [1.82, 2.24) is 4.98 Å². The molecule has 0 aliphatic rings. The lowest BCUT2D eigenvalue weighted by Gasteiger charge is -2.16. The molecule has 1 aromatic heterocycles. The van der Waals surface area contributed by atoms with Crippen molar-refractivity contribution < 1.29 is 29.3 Å². The molecule has 0 saturated carbocycles. The maximum atomic E-state index is 11.5. The fourth-order valence-electron chi connectivity index (χ4n) is 2.09. The van der Waals surface area contributed by atoms with Crippen LogP contribution in [0.4, 0.5) is 0 Å². The molecule has 118 valence electrons. The van der Waals surface area contributed by atoms with Gasteiger partial charge in [-0.2, -0.15) is 0 Å². The molecule has 0 fully saturated rings. The normalized spacial score (nSPS) is 13.6. The van der Waals surface area contributed by atoms with Gasteiger partial charge in [0.2, 0.25) is 0 Å². The van der Waals surface area contributed by atoms with E-state index in [1.807, 2.05) is 0 Å². The molecule has 0 radical (unpaired) electrons. The molecular formula is C15H17NO6. The van der Waals surface area contributed by atoms with E-state index < -0.39 is 24.1 Å². The number of benzene rings is 1. The maximum Gasteiger partial charge on any atom is 0.354 e. The van der Waals surface area contributed by atoms with Crippen LogP contribution in [0.25, 0.3) is 10.9 Å². The van der Waals surface area contributed by atoms with Crippen LogP contribution >= 0.6 is 0 Å². The van der Waals surface area contributed by atoms with E-state index in [-0.39, 0.29) is 12.3 Å². The van der Waals surface area contributed by atoms with Crippen molar-refractivity contribution >= 4 is 22.8 Å². The van der Waals surface area contributed by atoms with Gasteiger partial charge in [0.05, 0.1) is 13.7 Å². The number of nitrogens with one attached hydrogen (secondary N) is 1. The molecule has 0 spiro atoms. The summed E-state index contributed by atoms with van der Waals surface area (Å²) in [5.74, 6) is -1.40. The Labute approximate surface area is 126 Å². The summed E-state index contributed by atoms with van der Waals surface area (Å²) in [5, 5.41) is 20.6. The van der Waals surface area contributed by atoms with E-state index in [9.17, 15) is 19.8 Å². The Morgan fingerprint density at radius 1 is 1.27 bits per heavy atom. The standard InChI is InChI=1S/C15H17NO6/c1-3-22-15(20)13(18)12(17)9-5-4-8-6-11(14(19)21-2)16-10(8)7-9/h4-7,12-13,16-18H,3H2,1-2H3. The zero-order valence-electron chi connectivity index (χ0n) is 12.2. The molecule has 3 N–H and O–H groups in total. The lowest BCUT2D eigenvalue weighted by molar-refractivity contribution is -0.159. The Kier molecular flexibility index (Phi) is 4.79. The second-order valence-electron chi connectivity index (χ2n) is 4.66. The molecule has 7 heteroatoms. The van der Waals surface area contributed by atoms with E-state index in [4.69, 9.17) is 0 Å². The topological polar surface area (TPSA) is 109 Å². The first kappa shape index (κ1) is 16.0. The largest absolute Gasteiger partial charge is 0.464 e. The zero-order chi connectivity index (χ0) is 16.3. The van der Waals surface area contributed by atoms with Crippen LogP contribution in [0.15, 0.2) is 24.3 Å². The lowest BCUT2D eigenvalue weighted by Crippen LogP contribution is -2.29. The number of hydrogen-bond acceptors (Lipinski definition) is 6. The van der Waals surface area contributed by atoms with Gasteiger partial charge in [-0.1, -0.05) is 12.1 Å². The van der Waals surface area contributed by atoms with Crippen molar-refractivity contribution in [2.75, 3.05) is 13.7 Å². The molecule has 7 nitrogen and oxygen atoms in total. The lowest BCUT2D eigenvalue weighted by atomic mass is 10.0. The first-order valence-corrected chi connectivity index (χ1v) is 6.71. The van der Waals surface area contributed by atoms with Gasteiger partial charge in [-0.05, 0) is 24.6 Å². The number of carbonyl (C=O) groups excluding carboxylic acids is 2. The van der Waals surface area contributed by atoms with Crippen LogP contribution in [-0.4, -0.2) is 47.0 Å². The molecule has 0 saturated heterocycles. The predicted octanol–water partition coefficient (Wildman–Crippen LogP) is 0.912. The molecule has 0 amide bonds. The summed E-state index contributed by atoms with van der Waals surface area (Å²) in [6.45, 7) is 1.72. The Hall–Kier alpha value is -2.38. The maximum absolute atomic E-state index is 11.5. The number of aromatic nitrogens is 1. The Bertz CT molecular complexity index is 692. The van der Waals surface area contributed by atoms with Crippen molar-refractivity contribution in [1.29, 1.82) is 0 Å². The first-order valence-electron chi connectivity index (χ1n) is 6.71. The number of aliphatic hydroxyl groups is 2. The van der Waals surface area contributed by atoms with Crippen LogP contribution in [0, 0.1) is 0 Å². The fraction of sp³-hybridized carbons (Fsp3) is 0.333. The summed E-state index contributed by atoms with van der Waals surface area (Å²) < 4.78 is 9.29. The van der Waals surface area contributed by atoms with Crippen LogP contribution in [0.2, 0.25) is 0 Å². The van der Waals surface area contributed by atoms with E-state index in [2.05, 4.69) is 14.5 Å². The second kappa shape index (κ2) is 6.59. The highest BCUT2D eigenvalue weighted by Crippen LogP contribution is 2.24. The van der Waals surface area contributed by atoms with E-state index in [0.29, 0.717) is 11.1 Å². The van der Waals surface area contributed by atoms with Crippen molar-refractivity contribution in [3.63, 3.8) is 0 Å². The van der Waals surface area contributed by atoms with Crippen LogP contribution < -0.4 is 0 Å². The van der Waals surface area contributed by atoms with Gasteiger partial charge in [0, 0.05) is 10.9 Å². The second-order valence-corrected chi connectivity index (χ2v) is 4.66. The number of aromatic amines is 1. The quantitative estimate of drug-likeness (QED) is 0.709. The van der Waals surface area contributed by atoms with Crippen LogP contribution in [0.3, 0.4) is 0 Å². The molecule has 0 aliphatic heterocycles. The average Bonchev–Trinajstić information content (AvgIpc) is 2.95. The monoisotopic (exact) mass is 307 g/mol. The molecular weight excluding hydrogens is 290 g/mol. The summed E-state index contributed by atoms with van der Waals surface area (Å²) >= 11 is 0. The minimum atomic E-state index is -1.67. The highest BCUT2D eigenvalue weighted by molar-refractivity contribution is 5.95. The van der Waals surface area contributed by atoms with Crippen molar-refractivity contribution in [2.24, 2.45) is 0 Å². The third-order valence-electron chi connectivity index (χ3n) is 3.22. The van der Waals surface area contributed by atoms with Gasteiger partial charge in [-0.25, -0.2) is 9.59 Å². The average molecular weight is 307 g/mol. The van der Waals surface area contributed by atoms with Gasteiger partial charge in [0.15, 0.2) is 6.10 Å². The van der Waals surface area contributed by atoms with E-state index in [1.165, 1.54) is 7.11 Å². The summed E-state index contributed by atoms with van der Waals surface area (Å²) in [7, 11) is 1.28. The molecule has 1 aromatic carbocycles. The number of carbonyl (C=O) groups is 2. The van der Waals surface area contributed by atoms with E-state index >= 15 is 0 Å². The van der Waals surface area contributed by atoms with Crippen molar-refractivity contribution in [3.8, 4) is 0 Å². The van der Waals surface area contributed by atoms with Gasteiger partial charge in [0.1, 0.15) is 11.8 Å². The van der Waals surface area contributed by atoms with Crippen LogP contribution in [0.1, 0.15) is 29.1 Å². The Balaban J connectivity index is 2.28. The van der Waals surface area contributed by atoms with Gasteiger partial charge in [-0.3, -0.25) is 0 Å². The van der Waals surface area contributed by atoms with Gasteiger partial charge >= 0.3 is 11.9 Å². The molecule has 22 heavy (non-hydrogen) atoms. The molecule has 0 bridgehead atoms.